The molecule has 2 fully saturated rings. The van der Waals surface area contributed by atoms with E-state index in [4.69, 9.17) is 5.11 Å². The van der Waals surface area contributed by atoms with Crippen molar-refractivity contribution in [3.63, 3.8) is 0 Å². The topological polar surface area (TPSA) is 114 Å². The number of nitriles is 1. The van der Waals surface area contributed by atoms with Gasteiger partial charge in [-0.1, -0.05) is 36.4 Å². The van der Waals surface area contributed by atoms with Gasteiger partial charge in [0.05, 0.1) is 30.2 Å². The van der Waals surface area contributed by atoms with Crippen LogP contribution < -0.4 is 16.0 Å². The van der Waals surface area contributed by atoms with Gasteiger partial charge in [-0.3, -0.25) is 14.9 Å². The van der Waals surface area contributed by atoms with E-state index in [0.29, 0.717) is 36.8 Å². The summed E-state index contributed by atoms with van der Waals surface area (Å²) in [6, 6.07) is 9.30. The Kier molecular flexibility index (Phi) is 8.76. The molecule has 7 nitrogen and oxygen atoms in total. The van der Waals surface area contributed by atoms with Crippen molar-refractivity contribution in [2.75, 3.05) is 13.2 Å². The Morgan fingerprint density at radius 2 is 1.76 bits per heavy atom. The summed E-state index contributed by atoms with van der Waals surface area (Å²) in [5.74, 6) is -1.57. The van der Waals surface area contributed by atoms with Crippen LogP contribution in [0, 0.1) is 17.1 Å². The number of rotatable bonds is 13. The molecule has 0 spiro atoms. The number of nitrogens with one attached hydrogen (secondary N) is 3. The Labute approximate surface area is 236 Å². The van der Waals surface area contributed by atoms with Crippen molar-refractivity contribution in [2.45, 2.75) is 81.1 Å². The molecule has 2 amide bonds. The highest BCUT2D eigenvalue weighted by molar-refractivity contribution is 5.91. The van der Waals surface area contributed by atoms with Crippen molar-refractivity contribution in [1.82, 2.24) is 16.0 Å². The van der Waals surface area contributed by atoms with Crippen LogP contribution in [0.3, 0.4) is 0 Å². The molecule has 4 N–H and O–H groups in total. The number of carbonyl (C=O) groups excluding carboxylic acids is 2. The summed E-state index contributed by atoms with van der Waals surface area (Å²) in [4.78, 5) is 25.4. The van der Waals surface area contributed by atoms with Crippen LogP contribution in [0.5, 0.6) is 0 Å². The highest BCUT2D eigenvalue weighted by atomic mass is 19.3. The maximum Gasteiger partial charge on any atom is 0.257 e. The lowest BCUT2D eigenvalue weighted by molar-refractivity contribution is -0.125. The van der Waals surface area contributed by atoms with E-state index in [0.717, 1.165) is 0 Å². The molecule has 4 rings (SSSR count). The van der Waals surface area contributed by atoms with Gasteiger partial charge in [0.25, 0.3) is 6.43 Å². The molecule has 2 aliphatic rings. The maximum absolute atomic E-state index is 15.2. The number of nitrogens with zero attached hydrogens (tertiary/aromatic N) is 1. The fourth-order valence-corrected chi connectivity index (χ4v) is 4.98. The van der Waals surface area contributed by atoms with Gasteiger partial charge in [-0.05, 0) is 62.3 Å². The minimum absolute atomic E-state index is 0.111. The average Bonchev–Trinajstić information content (AvgIpc) is 3.85. The van der Waals surface area contributed by atoms with Crippen LogP contribution in [0.15, 0.2) is 42.5 Å². The van der Waals surface area contributed by atoms with Crippen LogP contribution in [0.4, 0.5) is 17.6 Å². The molecule has 0 saturated heterocycles. The Balaban J connectivity index is 1.52. The minimum Gasteiger partial charge on any atom is -0.395 e. The number of carbonyl (C=O) groups is 2. The van der Waals surface area contributed by atoms with Gasteiger partial charge in [0.1, 0.15) is 17.0 Å². The number of hydrogen-bond donors (Lipinski definition) is 4. The van der Waals surface area contributed by atoms with Crippen LogP contribution in [0.1, 0.15) is 63.1 Å². The van der Waals surface area contributed by atoms with Gasteiger partial charge < -0.3 is 15.7 Å². The predicted molar refractivity (Wildman–Crippen MR) is 144 cm³/mol. The monoisotopic (exact) mass is 574 g/mol. The third kappa shape index (κ3) is 7.05. The summed E-state index contributed by atoms with van der Waals surface area (Å²) in [6.45, 7) is 2.39. The van der Waals surface area contributed by atoms with E-state index in [1.165, 1.54) is 50.2 Å². The summed E-state index contributed by atoms with van der Waals surface area (Å²) in [5.41, 5.74) is -2.43. The fourth-order valence-electron chi connectivity index (χ4n) is 4.98. The highest BCUT2D eigenvalue weighted by Crippen LogP contribution is 2.49. The molecule has 2 saturated carbocycles. The number of aliphatic hydroxyl groups is 1. The van der Waals surface area contributed by atoms with Crippen LogP contribution in [-0.2, 0) is 15.0 Å². The normalized spacial score (nSPS) is 18.2. The smallest absolute Gasteiger partial charge is 0.257 e. The van der Waals surface area contributed by atoms with E-state index in [1.807, 2.05) is 6.07 Å². The van der Waals surface area contributed by atoms with Gasteiger partial charge in [-0.15, -0.1) is 0 Å². The van der Waals surface area contributed by atoms with Crippen LogP contribution in [0.2, 0.25) is 0 Å². The molecule has 2 aromatic carbocycles. The van der Waals surface area contributed by atoms with Gasteiger partial charge in [-0.25, -0.2) is 17.6 Å². The van der Waals surface area contributed by atoms with Gasteiger partial charge in [0.15, 0.2) is 0 Å². The number of alkyl halides is 3. The van der Waals surface area contributed by atoms with E-state index in [-0.39, 0.29) is 30.2 Å². The Bertz CT molecular complexity index is 1310. The molecule has 0 bridgehead atoms. The van der Waals surface area contributed by atoms with Crippen molar-refractivity contribution in [3.05, 3.63) is 59.4 Å². The number of halogens is 4. The zero-order valence-corrected chi connectivity index (χ0v) is 22.9. The van der Waals surface area contributed by atoms with Crippen LogP contribution in [-0.4, -0.2) is 53.7 Å². The van der Waals surface area contributed by atoms with Crippen molar-refractivity contribution >= 4 is 11.8 Å². The van der Waals surface area contributed by atoms with Gasteiger partial charge >= 0.3 is 0 Å². The SMILES string of the molecule is CC(C)(F)C[C@H](N[C@@H](c1ccc(-c2ccc(C3(C(=O)NCCO)CC3)cc2F)cc1)C(F)F)C(=O)NC1(C#N)CC1. The van der Waals surface area contributed by atoms with E-state index >= 15 is 4.39 Å². The number of benzene rings is 2. The van der Waals surface area contributed by atoms with E-state index in [2.05, 4.69) is 16.0 Å². The zero-order valence-electron chi connectivity index (χ0n) is 22.9. The lowest BCUT2D eigenvalue weighted by Crippen LogP contribution is -2.52. The lowest BCUT2D eigenvalue weighted by Gasteiger charge is -2.29. The predicted octanol–water partition coefficient (Wildman–Crippen LogP) is 4.21. The van der Waals surface area contributed by atoms with E-state index in [9.17, 15) is 28.0 Å². The first-order valence-corrected chi connectivity index (χ1v) is 13.6. The summed E-state index contributed by atoms with van der Waals surface area (Å²) in [5, 5.41) is 26.0. The molecule has 0 unspecified atom stereocenters. The third-order valence-electron chi connectivity index (χ3n) is 7.65. The second kappa shape index (κ2) is 11.8. The van der Waals surface area contributed by atoms with Crippen LogP contribution >= 0.6 is 0 Å². The zero-order chi connectivity index (χ0) is 30.0. The summed E-state index contributed by atoms with van der Waals surface area (Å²) >= 11 is 0. The lowest BCUT2D eigenvalue weighted by atomic mass is 9.92. The molecule has 2 aliphatic carbocycles. The average molecular weight is 575 g/mol. The Morgan fingerprint density at radius 1 is 1.10 bits per heavy atom. The largest absolute Gasteiger partial charge is 0.395 e. The van der Waals surface area contributed by atoms with Crippen LogP contribution in [0.25, 0.3) is 11.1 Å². The molecular weight excluding hydrogens is 540 g/mol. The standard InChI is InChI=1S/C30H34F4N4O3/c1-28(2,34)16-23(26(40)38-29(17-35)9-10-29)37-24(25(32)33)19-5-3-18(4-6-19)21-8-7-20(15-22(21)31)30(11-12-30)27(41)36-13-14-39/h3-8,15,23-25,37,39H,9-14,16H2,1-2H3,(H,36,41)(H,38,40)/t23-,24-/m0/s1. The summed E-state index contributed by atoms with van der Waals surface area (Å²) in [6.07, 6.45) is -1.33. The number of hydrogen-bond acceptors (Lipinski definition) is 5. The third-order valence-corrected chi connectivity index (χ3v) is 7.65. The molecular formula is C30H34F4N4O3. The van der Waals surface area contributed by atoms with E-state index < -0.39 is 53.3 Å². The fraction of sp³-hybridized carbons (Fsp3) is 0.500. The molecule has 0 aromatic heterocycles. The van der Waals surface area contributed by atoms with E-state index in [1.54, 1.807) is 6.07 Å². The van der Waals surface area contributed by atoms with Crippen molar-refractivity contribution < 1.29 is 32.3 Å². The summed E-state index contributed by atoms with van der Waals surface area (Å²) < 4.78 is 58.1. The molecule has 0 radical (unpaired) electrons. The molecule has 11 heteroatoms. The quantitative estimate of drug-likeness (QED) is 0.268. The van der Waals surface area contributed by atoms with Gasteiger partial charge in [0, 0.05) is 18.5 Å². The van der Waals surface area contributed by atoms with Crippen molar-refractivity contribution in [3.8, 4) is 17.2 Å². The molecule has 2 aromatic rings. The van der Waals surface area contributed by atoms with Gasteiger partial charge in [0.2, 0.25) is 11.8 Å². The molecule has 0 aliphatic heterocycles. The molecule has 0 heterocycles. The number of amides is 2. The Morgan fingerprint density at radius 3 is 2.24 bits per heavy atom. The minimum atomic E-state index is -2.95. The first-order valence-electron chi connectivity index (χ1n) is 13.6. The molecule has 220 valence electrons. The highest BCUT2D eigenvalue weighted by Gasteiger charge is 2.51. The van der Waals surface area contributed by atoms with Gasteiger partial charge in [-0.2, -0.15) is 5.26 Å². The first-order chi connectivity index (χ1) is 19.3. The second-order valence-electron chi connectivity index (χ2n) is 11.5. The Hall–Kier alpha value is -3.49. The van der Waals surface area contributed by atoms with Crippen molar-refractivity contribution in [1.29, 1.82) is 5.26 Å². The second-order valence-corrected chi connectivity index (χ2v) is 11.5. The molecule has 2 atom stereocenters. The summed E-state index contributed by atoms with van der Waals surface area (Å²) in [7, 11) is 0. The molecule has 41 heavy (non-hydrogen) atoms. The maximum atomic E-state index is 15.2. The number of aliphatic hydroxyl groups excluding tert-OH is 1. The first kappa shape index (κ1) is 30.5. The van der Waals surface area contributed by atoms with Crippen molar-refractivity contribution in [2.24, 2.45) is 0 Å².